The molecule has 0 aliphatic carbocycles. The molecule has 1 atom stereocenters. The summed E-state index contributed by atoms with van der Waals surface area (Å²) in [5.41, 5.74) is 1.12. The molecular formula is C17H21NO4. The largest absolute Gasteiger partial charge is 0.497 e. The van der Waals surface area contributed by atoms with Crippen LogP contribution in [0.3, 0.4) is 0 Å². The highest BCUT2D eigenvalue weighted by Crippen LogP contribution is 2.22. The van der Waals surface area contributed by atoms with E-state index in [0.29, 0.717) is 13.2 Å². The third-order valence-corrected chi connectivity index (χ3v) is 3.23. The number of ether oxygens (including phenoxy) is 3. The Balaban J connectivity index is 1.97. The highest BCUT2D eigenvalue weighted by Gasteiger charge is 2.07. The van der Waals surface area contributed by atoms with Gasteiger partial charge in [-0.15, -0.1) is 0 Å². The van der Waals surface area contributed by atoms with Crippen LogP contribution in [0.4, 0.5) is 0 Å². The van der Waals surface area contributed by atoms with Crippen molar-refractivity contribution in [3.63, 3.8) is 0 Å². The minimum absolute atomic E-state index is 0.0663. The lowest BCUT2D eigenvalue weighted by Crippen LogP contribution is -2.13. The third kappa shape index (κ3) is 4.04. The maximum Gasteiger partial charge on any atom is 0.333 e. The molecule has 2 aromatic rings. The summed E-state index contributed by atoms with van der Waals surface area (Å²) in [6, 6.07) is 8.00. The average molecular weight is 303 g/mol. The molecule has 2 rings (SSSR count). The second-order valence-corrected chi connectivity index (χ2v) is 4.89. The Bertz CT molecular complexity index is 660. The summed E-state index contributed by atoms with van der Waals surface area (Å²) in [4.78, 5) is 11.2. The summed E-state index contributed by atoms with van der Waals surface area (Å²) in [5.74, 6) is 0.445. The van der Waals surface area contributed by atoms with Crippen LogP contribution in [0.25, 0.3) is 10.9 Å². The molecule has 0 amide bonds. The van der Waals surface area contributed by atoms with E-state index in [1.165, 1.54) is 12.3 Å². The number of benzene rings is 1. The van der Waals surface area contributed by atoms with E-state index >= 15 is 0 Å². The van der Waals surface area contributed by atoms with E-state index in [-0.39, 0.29) is 6.10 Å². The Morgan fingerprint density at radius 3 is 2.91 bits per heavy atom. The molecule has 0 fully saturated rings. The Morgan fingerprint density at radius 2 is 2.18 bits per heavy atom. The molecule has 0 bridgehead atoms. The molecular weight excluding hydrogens is 282 g/mol. The van der Waals surface area contributed by atoms with Gasteiger partial charge in [0.15, 0.2) is 0 Å². The summed E-state index contributed by atoms with van der Waals surface area (Å²) < 4.78 is 17.6. The van der Waals surface area contributed by atoms with Crippen LogP contribution >= 0.6 is 0 Å². The van der Waals surface area contributed by atoms with Gasteiger partial charge >= 0.3 is 5.97 Å². The highest BCUT2D eigenvalue weighted by atomic mass is 16.5. The smallest absolute Gasteiger partial charge is 0.333 e. The molecule has 5 heteroatoms. The number of hydrogen-bond acceptors (Lipinski definition) is 4. The van der Waals surface area contributed by atoms with E-state index in [1.807, 2.05) is 37.4 Å². The van der Waals surface area contributed by atoms with Crippen LogP contribution in [0.15, 0.2) is 42.8 Å². The number of methoxy groups -OCH3 is 1. The van der Waals surface area contributed by atoms with Gasteiger partial charge in [0.05, 0.1) is 32.6 Å². The van der Waals surface area contributed by atoms with E-state index in [0.717, 1.165) is 16.7 Å². The van der Waals surface area contributed by atoms with E-state index in [4.69, 9.17) is 14.2 Å². The molecule has 1 aromatic heterocycles. The molecule has 0 unspecified atom stereocenters. The first-order valence-corrected chi connectivity index (χ1v) is 7.25. The molecule has 0 saturated heterocycles. The maximum absolute atomic E-state index is 11.2. The van der Waals surface area contributed by atoms with Crippen LogP contribution in [-0.4, -0.2) is 30.4 Å². The van der Waals surface area contributed by atoms with Gasteiger partial charge in [0, 0.05) is 17.1 Å². The Morgan fingerprint density at radius 1 is 1.36 bits per heavy atom. The molecule has 118 valence electrons. The first kappa shape index (κ1) is 15.9. The van der Waals surface area contributed by atoms with Crippen molar-refractivity contribution in [3.05, 3.63) is 42.8 Å². The predicted molar refractivity (Wildman–Crippen MR) is 84.8 cm³/mol. The van der Waals surface area contributed by atoms with Crippen molar-refractivity contribution in [1.29, 1.82) is 0 Å². The molecule has 0 spiro atoms. The van der Waals surface area contributed by atoms with Crippen LogP contribution in [-0.2, 0) is 20.8 Å². The summed E-state index contributed by atoms with van der Waals surface area (Å²) >= 11 is 0. The fraction of sp³-hybridized carbons (Fsp3) is 0.353. The summed E-state index contributed by atoms with van der Waals surface area (Å²) in [6.07, 6.45) is 4.62. The second-order valence-electron chi connectivity index (χ2n) is 4.89. The number of carbonyl (C=O) groups is 1. The predicted octanol–water partition coefficient (Wildman–Crippen LogP) is 3.13. The zero-order valence-corrected chi connectivity index (χ0v) is 13.1. The molecule has 5 nitrogen and oxygen atoms in total. The number of hydrogen-bond donors (Lipinski definition) is 0. The van der Waals surface area contributed by atoms with Crippen LogP contribution in [0.2, 0.25) is 0 Å². The van der Waals surface area contributed by atoms with Gasteiger partial charge in [0.2, 0.25) is 0 Å². The number of aromatic nitrogens is 1. The van der Waals surface area contributed by atoms with E-state index in [9.17, 15) is 4.79 Å². The average Bonchev–Trinajstić information content (AvgIpc) is 2.89. The fourth-order valence-electron chi connectivity index (χ4n) is 2.20. The Kier molecular flexibility index (Phi) is 5.47. The topological polar surface area (TPSA) is 49.7 Å². The van der Waals surface area contributed by atoms with Gasteiger partial charge in [0.25, 0.3) is 0 Å². The molecule has 1 aromatic carbocycles. The van der Waals surface area contributed by atoms with Crippen molar-refractivity contribution >= 4 is 16.9 Å². The monoisotopic (exact) mass is 303 g/mol. The van der Waals surface area contributed by atoms with Gasteiger partial charge in [-0.2, -0.15) is 0 Å². The van der Waals surface area contributed by atoms with Crippen LogP contribution in [0, 0.1) is 0 Å². The number of nitrogens with zero attached hydrogens (tertiary/aromatic N) is 1. The van der Waals surface area contributed by atoms with Crippen LogP contribution in [0.5, 0.6) is 5.75 Å². The maximum atomic E-state index is 11.2. The van der Waals surface area contributed by atoms with Crippen molar-refractivity contribution < 1.29 is 19.0 Å². The van der Waals surface area contributed by atoms with Crippen LogP contribution < -0.4 is 4.74 Å². The molecule has 1 heterocycles. The molecule has 0 N–H and O–H groups in total. The SMILES string of the molecule is CCOC(=O)/C=C/O[C@@H](C)Cn1ccc2cc(OC)ccc21. The van der Waals surface area contributed by atoms with Gasteiger partial charge in [-0.25, -0.2) is 4.79 Å². The van der Waals surface area contributed by atoms with Crippen LogP contribution in [0.1, 0.15) is 13.8 Å². The van der Waals surface area contributed by atoms with Crippen molar-refractivity contribution in [3.8, 4) is 5.75 Å². The van der Waals surface area contributed by atoms with Gasteiger partial charge < -0.3 is 18.8 Å². The first-order chi connectivity index (χ1) is 10.6. The quantitative estimate of drug-likeness (QED) is 0.448. The summed E-state index contributed by atoms with van der Waals surface area (Å²) in [7, 11) is 1.66. The van der Waals surface area contributed by atoms with E-state index in [2.05, 4.69) is 4.57 Å². The minimum atomic E-state index is -0.395. The summed E-state index contributed by atoms with van der Waals surface area (Å²) in [6.45, 7) is 4.76. The second kappa shape index (κ2) is 7.54. The Hall–Kier alpha value is -2.43. The summed E-state index contributed by atoms with van der Waals surface area (Å²) in [5, 5.41) is 1.12. The Labute approximate surface area is 130 Å². The van der Waals surface area contributed by atoms with Gasteiger partial charge in [-0.3, -0.25) is 0 Å². The van der Waals surface area contributed by atoms with E-state index < -0.39 is 5.97 Å². The third-order valence-electron chi connectivity index (χ3n) is 3.23. The highest BCUT2D eigenvalue weighted by molar-refractivity contribution is 5.82. The zero-order chi connectivity index (χ0) is 15.9. The standard InChI is InChI=1S/C17H21NO4/c1-4-21-17(19)8-10-22-13(2)12-18-9-7-14-11-15(20-3)5-6-16(14)18/h5-11,13H,4,12H2,1-3H3/b10-8+/t13-/m0/s1. The lowest BCUT2D eigenvalue weighted by Gasteiger charge is -2.13. The van der Waals surface area contributed by atoms with E-state index in [1.54, 1.807) is 14.0 Å². The zero-order valence-electron chi connectivity index (χ0n) is 13.1. The molecule has 0 aliphatic rings. The van der Waals surface area contributed by atoms with Crippen molar-refractivity contribution in [2.75, 3.05) is 13.7 Å². The number of esters is 1. The van der Waals surface area contributed by atoms with Gasteiger partial charge in [0.1, 0.15) is 11.9 Å². The number of fused-ring (bicyclic) bond motifs is 1. The molecule has 22 heavy (non-hydrogen) atoms. The van der Waals surface area contributed by atoms with Crippen molar-refractivity contribution in [1.82, 2.24) is 4.57 Å². The first-order valence-electron chi connectivity index (χ1n) is 7.25. The van der Waals surface area contributed by atoms with Crippen molar-refractivity contribution in [2.24, 2.45) is 0 Å². The van der Waals surface area contributed by atoms with Crippen molar-refractivity contribution in [2.45, 2.75) is 26.5 Å². The van der Waals surface area contributed by atoms with Gasteiger partial charge in [-0.05, 0) is 38.1 Å². The number of rotatable bonds is 7. The normalized spacial score (nSPS) is 12.5. The minimum Gasteiger partial charge on any atom is -0.497 e. The lowest BCUT2D eigenvalue weighted by molar-refractivity contribution is -0.137. The lowest BCUT2D eigenvalue weighted by atomic mass is 10.2. The van der Waals surface area contributed by atoms with Gasteiger partial charge in [-0.1, -0.05) is 0 Å². The number of carbonyl (C=O) groups excluding carboxylic acids is 1. The molecule has 0 aliphatic heterocycles. The molecule has 0 saturated carbocycles. The fourth-order valence-corrected chi connectivity index (χ4v) is 2.20. The molecule has 0 radical (unpaired) electrons.